The second kappa shape index (κ2) is 6.57. The zero-order valence-electron chi connectivity index (χ0n) is 12.7. The molecule has 1 aromatic carbocycles. The van der Waals surface area contributed by atoms with E-state index in [2.05, 4.69) is 10.1 Å². The summed E-state index contributed by atoms with van der Waals surface area (Å²) in [5, 5.41) is 3.96. The molecule has 0 saturated carbocycles. The summed E-state index contributed by atoms with van der Waals surface area (Å²) >= 11 is 0. The van der Waals surface area contributed by atoms with Gasteiger partial charge in [0.2, 0.25) is 0 Å². The summed E-state index contributed by atoms with van der Waals surface area (Å²) in [7, 11) is 0. The molecular weight excluding hydrogens is 286 g/mol. The Labute approximate surface area is 128 Å². The van der Waals surface area contributed by atoms with E-state index in [1.54, 1.807) is 12.1 Å². The fourth-order valence-corrected chi connectivity index (χ4v) is 3.11. The van der Waals surface area contributed by atoms with E-state index in [9.17, 15) is 8.78 Å². The standard InChI is InChI=1S/C17H20F2N2O/c1-12-10-16(22-20-12)15-8-3-2-4-9-21(15)11-13-6-5-7-14(18)17(13)19/h5-7,10,15H,2-4,8-9,11H2,1H3/t15-/m1/s1. The van der Waals surface area contributed by atoms with Crippen molar-refractivity contribution < 1.29 is 13.3 Å². The first-order valence-electron chi connectivity index (χ1n) is 7.75. The van der Waals surface area contributed by atoms with Gasteiger partial charge in [0.05, 0.1) is 11.7 Å². The molecule has 22 heavy (non-hydrogen) atoms. The van der Waals surface area contributed by atoms with Crippen molar-refractivity contribution in [3.05, 3.63) is 52.9 Å². The minimum atomic E-state index is -0.792. The molecule has 0 radical (unpaired) electrons. The van der Waals surface area contributed by atoms with Gasteiger partial charge in [-0.1, -0.05) is 30.1 Å². The van der Waals surface area contributed by atoms with Gasteiger partial charge in [0.1, 0.15) is 0 Å². The highest BCUT2D eigenvalue weighted by atomic mass is 19.2. The lowest BCUT2D eigenvalue weighted by molar-refractivity contribution is 0.158. The van der Waals surface area contributed by atoms with Crippen LogP contribution in [0.15, 0.2) is 28.8 Å². The van der Waals surface area contributed by atoms with Crippen LogP contribution >= 0.6 is 0 Å². The third-order valence-electron chi connectivity index (χ3n) is 4.24. The van der Waals surface area contributed by atoms with Crippen molar-refractivity contribution in [3.63, 3.8) is 0 Å². The van der Waals surface area contributed by atoms with Gasteiger partial charge in [-0.15, -0.1) is 0 Å². The number of hydrogen-bond acceptors (Lipinski definition) is 3. The van der Waals surface area contributed by atoms with Gasteiger partial charge in [-0.3, -0.25) is 4.90 Å². The predicted molar refractivity (Wildman–Crippen MR) is 79.2 cm³/mol. The number of nitrogens with zero attached hydrogens (tertiary/aromatic N) is 2. The van der Waals surface area contributed by atoms with Crippen LogP contribution in [0.5, 0.6) is 0 Å². The van der Waals surface area contributed by atoms with Crippen molar-refractivity contribution in [2.45, 2.75) is 45.2 Å². The molecular formula is C17H20F2N2O. The van der Waals surface area contributed by atoms with E-state index < -0.39 is 11.6 Å². The Morgan fingerprint density at radius 2 is 2.14 bits per heavy atom. The molecule has 0 bridgehead atoms. The van der Waals surface area contributed by atoms with Crippen molar-refractivity contribution in [3.8, 4) is 0 Å². The molecule has 1 aliphatic rings. The van der Waals surface area contributed by atoms with Crippen LogP contribution in [0.4, 0.5) is 8.78 Å². The molecule has 118 valence electrons. The number of benzene rings is 1. The van der Waals surface area contributed by atoms with Crippen LogP contribution < -0.4 is 0 Å². The molecule has 1 atom stereocenters. The molecule has 1 fully saturated rings. The minimum absolute atomic E-state index is 0.0753. The summed E-state index contributed by atoms with van der Waals surface area (Å²) in [6, 6.07) is 6.36. The second-order valence-corrected chi connectivity index (χ2v) is 5.92. The SMILES string of the molecule is Cc1cc([C@H]2CCCCCN2Cc2cccc(F)c2F)on1. The fraction of sp³-hybridized carbons (Fsp3) is 0.471. The van der Waals surface area contributed by atoms with Crippen LogP contribution in [0, 0.1) is 18.6 Å². The summed E-state index contributed by atoms with van der Waals surface area (Å²) in [6.07, 6.45) is 4.25. The average Bonchev–Trinajstić information content (AvgIpc) is 2.79. The van der Waals surface area contributed by atoms with Crippen LogP contribution in [0.3, 0.4) is 0 Å². The van der Waals surface area contributed by atoms with Gasteiger partial charge in [0, 0.05) is 18.2 Å². The molecule has 0 N–H and O–H groups in total. The molecule has 0 spiro atoms. The van der Waals surface area contributed by atoms with Gasteiger partial charge < -0.3 is 4.52 Å². The number of halogens is 2. The van der Waals surface area contributed by atoms with Crippen molar-refractivity contribution in [2.24, 2.45) is 0 Å². The third kappa shape index (κ3) is 3.19. The molecule has 0 unspecified atom stereocenters. The maximum absolute atomic E-state index is 14.0. The molecule has 2 aromatic rings. The molecule has 1 aliphatic heterocycles. The zero-order chi connectivity index (χ0) is 15.5. The van der Waals surface area contributed by atoms with Crippen molar-refractivity contribution in [2.75, 3.05) is 6.54 Å². The molecule has 3 nitrogen and oxygen atoms in total. The lowest BCUT2D eigenvalue weighted by Crippen LogP contribution is -2.28. The van der Waals surface area contributed by atoms with E-state index in [0.717, 1.165) is 49.7 Å². The molecule has 0 amide bonds. The minimum Gasteiger partial charge on any atom is -0.359 e. The number of aryl methyl sites for hydroxylation is 1. The van der Waals surface area contributed by atoms with E-state index in [0.29, 0.717) is 12.1 Å². The maximum atomic E-state index is 14.0. The summed E-state index contributed by atoms with van der Waals surface area (Å²) in [5.41, 5.74) is 1.24. The molecule has 3 rings (SSSR count). The van der Waals surface area contributed by atoms with Gasteiger partial charge in [0.15, 0.2) is 17.4 Å². The van der Waals surface area contributed by atoms with E-state index >= 15 is 0 Å². The van der Waals surface area contributed by atoms with Crippen LogP contribution in [0.1, 0.15) is 48.7 Å². The molecule has 5 heteroatoms. The quantitative estimate of drug-likeness (QED) is 0.843. The first kappa shape index (κ1) is 15.2. The Kier molecular flexibility index (Phi) is 4.52. The first-order chi connectivity index (χ1) is 10.6. The highest BCUT2D eigenvalue weighted by Gasteiger charge is 2.26. The van der Waals surface area contributed by atoms with E-state index in [1.165, 1.54) is 0 Å². The number of aromatic nitrogens is 1. The Morgan fingerprint density at radius 1 is 1.27 bits per heavy atom. The van der Waals surface area contributed by atoms with Crippen LogP contribution in [0.2, 0.25) is 0 Å². The number of likely N-dealkylation sites (tertiary alicyclic amines) is 1. The Morgan fingerprint density at radius 3 is 2.91 bits per heavy atom. The lowest BCUT2D eigenvalue weighted by Gasteiger charge is -2.28. The maximum Gasteiger partial charge on any atom is 0.163 e. The van der Waals surface area contributed by atoms with E-state index in [4.69, 9.17) is 4.52 Å². The zero-order valence-corrected chi connectivity index (χ0v) is 12.7. The monoisotopic (exact) mass is 306 g/mol. The van der Waals surface area contributed by atoms with Crippen LogP contribution in [-0.4, -0.2) is 16.6 Å². The van der Waals surface area contributed by atoms with Gasteiger partial charge >= 0.3 is 0 Å². The molecule has 0 aliphatic carbocycles. The topological polar surface area (TPSA) is 29.3 Å². The van der Waals surface area contributed by atoms with E-state index in [-0.39, 0.29) is 6.04 Å². The smallest absolute Gasteiger partial charge is 0.163 e. The highest BCUT2D eigenvalue weighted by Crippen LogP contribution is 2.32. The molecule has 1 aromatic heterocycles. The van der Waals surface area contributed by atoms with Crippen LogP contribution in [0.25, 0.3) is 0 Å². The Bertz CT molecular complexity index is 641. The first-order valence-corrected chi connectivity index (χ1v) is 7.75. The predicted octanol–water partition coefficient (Wildman–Crippen LogP) is 4.38. The Hall–Kier alpha value is -1.75. The van der Waals surface area contributed by atoms with Gasteiger partial charge in [0.25, 0.3) is 0 Å². The average molecular weight is 306 g/mol. The molecule has 2 heterocycles. The van der Waals surface area contributed by atoms with Gasteiger partial charge in [-0.05, 0) is 32.4 Å². The third-order valence-corrected chi connectivity index (χ3v) is 4.24. The summed E-state index contributed by atoms with van der Waals surface area (Å²) < 4.78 is 32.8. The lowest BCUT2D eigenvalue weighted by atomic mass is 10.1. The summed E-state index contributed by atoms with van der Waals surface area (Å²) in [5.74, 6) is -0.727. The number of rotatable bonds is 3. The van der Waals surface area contributed by atoms with Crippen molar-refractivity contribution in [1.82, 2.24) is 10.1 Å². The second-order valence-electron chi connectivity index (χ2n) is 5.92. The highest BCUT2D eigenvalue weighted by molar-refractivity contribution is 5.19. The van der Waals surface area contributed by atoms with Crippen LogP contribution in [-0.2, 0) is 6.54 Å². The summed E-state index contributed by atoms with van der Waals surface area (Å²) in [6.45, 7) is 3.12. The Balaban J connectivity index is 1.86. The summed E-state index contributed by atoms with van der Waals surface area (Å²) in [4.78, 5) is 2.17. The number of hydrogen-bond donors (Lipinski definition) is 0. The fourth-order valence-electron chi connectivity index (χ4n) is 3.11. The molecule has 1 saturated heterocycles. The van der Waals surface area contributed by atoms with Gasteiger partial charge in [-0.25, -0.2) is 8.78 Å². The largest absolute Gasteiger partial charge is 0.359 e. The van der Waals surface area contributed by atoms with E-state index in [1.807, 2.05) is 13.0 Å². The van der Waals surface area contributed by atoms with Gasteiger partial charge in [-0.2, -0.15) is 0 Å². The van der Waals surface area contributed by atoms with Crippen molar-refractivity contribution in [1.29, 1.82) is 0 Å². The van der Waals surface area contributed by atoms with Crippen molar-refractivity contribution >= 4 is 0 Å². The normalized spacial score (nSPS) is 20.0.